The zero-order valence-corrected chi connectivity index (χ0v) is 15.6. The number of ketones is 1. The van der Waals surface area contributed by atoms with Gasteiger partial charge in [-0.1, -0.05) is 0 Å². The van der Waals surface area contributed by atoms with Crippen molar-refractivity contribution >= 4 is 23.8 Å². The molecule has 0 aromatic carbocycles. The number of cyclic esters (lactones) is 1. The van der Waals surface area contributed by atoms with Crippen LogP contribution in [0.4, 0.5) is 4.79 Å². The number of esters is 1. The van der Waals surface area contributed by atoms with Crippen molar-refractivity contribution < 1.29 is 38.5 Å². The van der Waals surface area contributed by atoms with Crippen LogP contribution in [0.5, 0.6) is 0 Å². The summed E-state index contributed by atoms with van der Waals surface area (Å²) in [6, 6.07) is -1.27. The van der Waals surface area contributed by atoms with Gasteiger partial charge in [-0.3, -0.25) is 4.79 Å². The fourth-order valence-electron chi connectivity index (χ4n) is 2.15. The van der Waals surface area contributed by atoms with E-state index >= 15 is 0 Å². The van der Waals surface area contributed by atoms with Crippen molar-refractivity contribution in [2.45, 2.75) is 71.3 Å². The standard InChI is InChI=1S/C17H25NO8/c1-16(2,3)26-15(23)18-12(14(21)22)7-6-10(19)8-11-9-13(20)25-17(4,5)24-11/h9,12H,6-8H2,1-5H3,(H,18,23)(H,21,22). The maximum atomic E-state index is 12.1. The van der Waals surface area contributed by atoms with E-state index in [0.717, 1.165) is 6.08 Å². The quantitative estimate of drug-likeness (QED) is 0.649. The summed E-state index contributed by atoms with van der Waals surface area (Å²) in [7, 11) is 0. The molecule has 1 heterocycles. The molecule has 1 unspecified atom stereocenters. The molecule has 1 amide bonds. The molecular formula is C17H25NO8. The molecule has 0 bridgehead atoms. The molecule has 26 heavy (non-hydrogen) atoms. The average Bonchev–Trinajstić information content (AvgIpc) is 2.38. The van der Waals surface area contributed by atoms with Crippen molar-refractivity contribution in [3.05, 3.63) is 11.8 Å². The van der Waals surface area contributed by atoms with Gasteiger partial charge in [0.15, 0.2) is 0 Å². The lowest BCUT2D eigenvalue weighted by molar-refractivity contribution is -0.205. The smallest absolute Gasteiger partial charge is 0.408 e. The van der Waals surface area contributed by atoms with E-state index in [9.17, 15) is 24.3 Å². The molecule has 0 saturated carbocycles. The predicted molar refractivity (Wildman–Crippen MR) is 89.0 cm³/mol. The maximum Gasteiger partial charge on any atom is 0.408 e. The molecular weight excluding hydrogens is 346 g/mol. The van der Waals surface area contributed by atoms with Gasteiger partial charge >= 0.3 is 18.0 Å². The van der Waals surface area contributed by atoms with Crippen LogP contribution in [0.3, 0.4) is 0 Å². The second-order valence-corrected chi connectivity index (χ2v) is 7.32. The van der Waals surface area contributed by atoms with Crippen LogP contribution in [-0.4, -0.2) is 46.4 Å². The first kappa shape index (κ1) is 21.5. The molecule has 0 spiro atoms. The number of hydrogen-bond acceptors (Lipinski definition) is 7. The Hall–Kier alpha value is -2.58. The molecule has 1 aliphatic heterocycles. The Morgan fingerprint density at radius 2 is 1.88 bits per heavy atom. The Bertz CT molecular complexity index is 615. The maximum absolute atomic E-state index is 12.1. The van der Waals surface area contributed by atoms with Crippen molar-refractivity contribution in [1.82, 2.24) is 5.32 Å². The highest BCUT2D eigenvalue weighted by Crippen LogP contribution is 2.24. The molecule has 0 aliphatic carbocycles. The van der Waals surface area contributed by atoms with Crippen molar-refractivity contribution in [2.75, 3.05) is 0 Å². The van der Waals surface area contributed by atoms with E-state index < -0.39 is 35.5 Å². The number of allylic oxidation sites excluding steroid dienone is 1. The summed E-state index contributed by atoms with van der Waals surface area (Å²) >= 11 is 0. The van der Waals surface area contributed by atoms with Gasteiger partial charge in [0.05, 0.1) is 12.5 Å². The summed E-state index contributed by atoms with van der Waals surface area (Å²) in [5.41, 5.74) is -0.769. The Kier molecular flexibility index (Phi) is 6.77. The number of nitrogens with one attached hydrogen (secondary N) is 1. The summed E-state index contributed by atoms with van der Waals surface area (Å²) in [4.78, 5) is 46.4. The highest BCUT2D eigenvalue weighted by molar-refractivity contribution is 5.87. The fourth-order valence-corrected chi connectivity index (χ4v) is 2.15. The number of amides is 1. The summed E-state index contributed by atoms with van der Waals surface area (Å²) in [6.45, 7) is 8.02. The van der Waals surface area contributed by atoms with Gasteiger partial charge in [0.1, 0.15) is 23.2 Å². The zero-order valence-electron chi connectivity index (χ0n) is 15.6. The van der Waals surface area contributed by atoms with E-state index in [1.54, 1.807) is 20.8 Å². The number of alkyl carbamates (subject to hydrolysis) is 1. The normalized spacial score (nSPS) is 17.3. The molecule has 2 N–H and O–H groups in total. The van der Waals surface area contributed by atoms with Gasteiger partial charge in [0.2, 0.25) is 5.79 Å². The van der Waals surface area contributed by atoms with E-state index in [1.807, 2.05) is 0 Å². The summed E-state index contributed by atoms with van der Waals surface area (Å²) in [5.74, 6) is -3.23. The van der Waals surface area contributed by atoms with Gasteiger partial charge in [0.25, 0.3) is 0 Å². The third-order valence-electron chi connectivity index (χ3n) is 3.07. The molecule has 0 aromatic rings. The monoisotopic (exact) mass is 371 g/mol. The van der Waals surface area contributed by atoms with Gasteiger partial charge in [0, 0.05) is 20.3 Å². The van der Waals surface area contributed by atoms with Gasteiger partial charge in [-0.05, 0) is 27.2 Å². The highest BCUT2D eigenvalue weighted by atomic mass is 16.7. The Morgan fingerprint density at radius 3 is 2.38 bits per heavy atom. The predicted octanol–water partition coefficient (Wildman–Crippen LogP) is 1.90. The molecule has 1 aliphatic rings. The van der Waals surface area contributed by atoms with E-state index in [-0.39, 0.29) is 30.8 Å². The number of Topliss-reactive ketones (excluding diaryl/α,β-unsaturated/α-hetero) is 1. The van der Waals surface area contributed by atoms with Crippen LogP contribution in [0.25, 0.3) is 0 Å². The number of rotatable bonds is 7. The van der Waals surface area contributed by atoms with Gasteiger partial charge in [-0.25, -0.2) is 14.4 Å². The van der Waals surface area contributed by atoms with Gasteiger partial charge in [-0.15, -0.1) is 0 Å². The van der Waals surface area contributed by atoms with Crippen LogP contribution < -0.4 is 5.32 Å². The number of carboxylic acids is 1. The van der Waals surface area contributed by atoms with Crippen LogP contribution in [0.1, 0.15) is 53.9 Å². The van der Waals surface area contributed by atoms with Crippen molar-refractivity contribution in [2.24, 2.45) is 0 Å². The topological polar surface area (TPSA) is 128 Å². The van der Waals surface area contributed by atoms with Crippen molar-refractivity contribution in [3.63, 3.8) is 0 Å². The Balaban J connectivity index is 2.56. The minimum Gasteiger partial charge on any atom is -0.480 e. The van der Waals surface area contributed by atoms with Crippen LogP contribution in [0.2, 0.25) is 0 Å². The van der Waals surface area contributed by atoms with Crippen molar-refractivity contribution in [1.29, 1.82) is 0 Å². The van der Waals surface area contributed by atoms with E-state index in [1.165, 1.54) is 13.8 Å². The lowest BCUT2D eigenvalue weighted by atomic mass is 10.1. The third-order valence-corrected chi connectivity index (χ3v) is 3.07. The van der Waals surface area contributed by atoms with Crippen molar-refractivity contribution in [3.8, 4) is 0 Å². The fraction of sp³-hybridized carbons (Fsp3) is 0.647. The van der Waals surface area contributed by atoms with E-state index in [0.29, 0.717) is 0 Å². The van der Waals surface area contributed by atoms with Crippen LogP contribution in [-0.2, 0) is 28.6 Å². The molecule has 0 radical (unpaired) electrons. The van der Waals surface area contributed by atoms with E-state index in [4.69, 9.17) is 14.2 Å². The molecule has 9 heteroatoms. The lowest BCUT2D eigenvalue weighted by Crippen LogP contribution is -2.43. The zero-order chi connectivity index (χ0) is 20.1. The van der Waals surface area contributed by atoms with Gasteiger partial charge < -0.3 is 24.6 Å². The number of carbonyl (C=O) groups excluding carboxylic acids is 3. The Morgan fingerprint density at radius 1 is 1.27 bits per heavy atom. The number of aliphatic carboxylic acids is 1. The van der Waals surface area contributed by atoms with Crippen LogP contribution in [0, 0.1) is 0 Å². The van der Waals surface area contributed by atoms with Crippen LogP contribution >= 0.6 is 0 Å². The molecule has 9 nitrogen and oxygen atoms in total. The number of carbonyl (C=O) groups is 4. The lowest BCUT2D eigenvalue weighted by Gasteiger charge is -2.30. The summed E-state index contributed by atoms with van der Waals surface area (Å²) in [5, 5.41) is 11.4. The minimum atomic E-state index is -1.28. The first-order chi connectivity index (χ1) is 11.8. The number of hydrogen-bond donors (Lipinski definition) is 2. The third kappa shape index (κ3) is 8.00. The molecule has 1 rings (SSSR count). The highest BCUT2D eigenvalue weighted by Gasteiger charge is 2.31. The average molecular weight is 371 g/mol. The molecule has 0 fully saturated rings. The molecule has 146 valence electrons. The molecule has 0 aromatic heterocycles. The Labute approximate surface area is 151 Å². The molecule has 1 atom stereocenters. The van der Waals surface area contributed by atoms with E-state index in [2.05, 4.69) is 5.32 Å². The number of ether oxygens (including phenoxy) is 3. The SMILES string of the molecule is CC(C)(C)OC(=O)NC(CCC(=O)CC1=CC(=O)OC(C)(C)O1)C(=O)O. The van der Waals surface area contributed by atoms with Crippen LogP contribution in [0.15, 0.2) is 11.8 Å². The molecule has 0 saturated heterocycles. The minimum absolute atomic E-state index is 0.117. The van der Waals surface area contributed by atoms with Gasteiger partial charge in [-0.2, -0.15) is 0 Å². The second-order valence-electron chi connectivity index (χ2n) is 7.32. The second kappa shape index (κ2) is 8.20. The summed E-state index contributed by atoms with van der Waals surface area (Å²) < 4.78 is 15.3. The first-order valence-corrected chi connectivity index (χ1v) is 8.14. The summed E-state index contributed by atoms with van der Waals surface area (Å²) in [6.07, 6.45) is -0.203. The number of carboxylic acid groups (broad SMARTS) is 1. The largest absolute Gasteiger partial charge is 0.480 e. The first-order valence-electron chi connectivity index (χ1n) is 8.14.